The fourth-order valence-electron chi connectivity index (χ4n) is 4.97. The van der Waals surface area contributed by atoms with E-state index in [9.17, 15) is 0 Å². The van der Waals surface area contributed by atoms with E-state index in [1.54, 1.807) is 6.26 Å². The zero-order chi connectivity index (χ0) is 18.7. The van der Waals surface area contributed by atoms with Gasteiger partial charge in [-0.05, 0) is 31.9 Å². The molecule has 5 heteroatoms. The van der Waals surface area contributed by atoms with Crippen LogP contribution < -0.4 is 0 Å². The molecule has 2 atom stereocenters. The Morgan fingerprint density at radius 3 is 3.00 bits per heavy atom. The first-order chi connectivity index (χ1) is 13.8. The van der Waals surface area contributed by atoms with Gasteiger partial charge in [0.2, 0.25) is 0 Å². The van der Waals surface area contributed by atoms with E-state index in [1.165, 1.54) is 35.2 Å². The Morgan fingerprint density at radius 2 is 2.14 bits per heavy atom. The van der Waals surface area contributed by atoms with Gasteiger partial charge in [0.15, 0.2) is 5.65 Å². The van der Waals surface area contributed by atoms with Crippen molar-refractivity contribution in [3.63, 3.8) is 0 Å². The van der Waals surface area contributed by atoms with E-state index in [4.69, 9.17) is 14.5 Å². The van der Waals surface area contributed by atoms with Crippen molar-refractivity contribution in [2.45, 2.75) is 44.8 Å². The van der Waals surface area contributed by atoms with E-state index < -0.39 is 0 Å². The largest absolute Gasteiger partial charge is 0.472 e. The first kappa shape index (κ1) is 16.1. The molecule has 0 radical (unpaired) electrons. The Bertz CT molecular complexity index is 1160. The van der Waals surface area contributed by atoms with Gasteiger partial charge in [0.25, 0.3) is 0 Å². The number of aromatic nitrogens is 3. The summed E-state index contributed by atoms with van der Waals surface area (Å²) in [6.45, 7) is 3.06. The summed E-state index contributed by atoms with van der Waals surface area (Å²) in [4.78, 5) is 7.38. The minimum Gasteiger partial charge on any atom is -0.472 e. The van der Waals surface area contributed by atoms with Gasteiger partial charge in [-0.2, -0.15) is 5.10 Å². The molecule has 0 aliphatic carbocycles. The van der Waals surface area contributed by atoms with Gasteiger partial charge in [-0.25, -0.2) is 9.50 Å². The maximum absolute atomic E-state index is 5.27. The van der Waals surface area contributed by atoms with Crippen LogP contribution in [0, 0.1) is 6.92 Å². The highest BCUT2D eigenvalue weighted by molar-refractivity contribution is 5.65. The number of hydrogen-bond acceptors (Lipinski definition) is 4. The lowest BCUT2D eigenvalue weighted by atomic mass is 9.98. The molecular weight excluding hydrogens is 348 g/mol. The summed E-state index contributed by atoms with van der Waals surface area (Å²) in [6.07, 6.45) is 9.15. The first-order valence-electron chi connectivity index (χ1n) is 9.98. The molecular formula is C23H22N4O. The van der Waals surface area contributed by atoms with Crippen molar-refractivity contribution in [2.24, 2.45) is 0 Å². The lowest BCUT2D eigenvalue weighted by Crippen LogP contribution is -2.38. The van der Waals surface area contributed by atoms with Gasteiger partial charge in [-0.1, -0.05) is 23.8 Å². The summed E-state index contributed by atoms with van der Waals surface area (Å²) >= 11 is 0. The van der Waals surface area contributed by atoms with Crippen molar-refractivity contribution in [1.29, 1.82) is 0 Å². The molecule has 0 spiro atoms. The van der Waals surface area contributed by atoms with Gasteiger partial charge in [0.05, 0.1) is 23.9 Å². The summed E-state index contributed by atoms with van der Waals surface area (Å²) in [7, 11) is 0. The second-order valence-electron chi connectivity index (χ2n) is 8.08. The Morgan fingerprint density at radius 1 is 1.18 bits per heavy atom. The first-order valence-corrected chi connectivity index (χ1v) is 9.98. The SMILES string of the molecule is Cc1cccc(-c2cc3ncc4c(n3n2)C[C@H]2CC[C@H]4N2Cc2ccoc2)c1. The topological polar surface area (TPSA) is 46.6 Å². The molecule has 3 aromatic heterocycles. The molecule has 0 amide bonds. The number of rotatable bonds is 3. The van der Waals surface area contributed by atoms with Crippen LogP contribution in [0.15, 0.2) is 59.5 Å². The third-order valence-corrected chi connectivity index (χ3v) is 6.31. The highest BCUT2D eigenvalue weighted by Crippen LogP contribution is 2.44. The third-order valence-electron chi connectivity index (χ3n) is 6.31. The standard InChI is InChI=1S/C23H22N4O/c1-15-3-2-4-17(9-15)20-11-23-24-12-19-21-6-5-18(10-22(19)27(23)25-20)26(21)13-16-7-8-28-14-16/h2-4,7-9,11-12,14,18,21H,5-6,10,13H2,1H3/t18-,21-/m1/s1. The highest BCUT2D eigenvalue weighted by atomic mass is 16.3. The monoisotopic (exact) mass is 370 g/mol. The van der Waals surface area contributed by atoms with Crippen LogP contribution in [0.3, 0.4) is 0 Å². The fraction of sp³-hybridized carbons (Fsp3) is 0.304. The molecule has 1 fully saturated rings. The Labute approximate surface area is 163 Å². The quantitative estimate of drug-likeness (QED) is 0.530. The average molecular weight is 370 g/mol. The van der Waals surface area contributed by atoms with Crippen molar-refractivity contribution in [2.75, 3.05) is 0 Å². The smallest absolute Gasteiger partial charge is 0.155 e. The predicted octanol–water partition coefficient (Wildman–Crippen LogP) is 4.56. The summed E-state index contributed by atoms with van der Waals surface area (Å²) in [5.41, 5.74) is 8.26. The molecule has 2 aliphatic rings. The van der Waals surface area contributed by atoms with Crippen LogP contribution in [0.2, 0.25) is 0 Å². The minimum atomic E-state index is 0.423. The van der Waals surface area contributed by atoms with E-state index >= 15 is 0 Å². The Balaban J connectivity index is 1.42. The maximum Gasteiger partial charge on any atom is 0.155 e. The maximum atomic E-state index is 5.27. The molecule has 2 aliphatic heterocycles. The van der Waals surface area contributed by atoms with Crippen LogP contribution in [0.4, 0.5) is 0 Å². The van der Waals surface area contributed by atoms with Crippen molar-refractivity contribution in [1.82, 2.24) is 19.5 Å². The van der Waals surface area contributed by atoms with Crippen LogP contribution in [0.5, 0.6) is 0 Å². The number of furan rings is 1. The Kier molecular flexibility index (Phi) is 3.47. The molecule has 0 saturated carbocycles. The van der Waals surface area contributed by atoms with Crippen molar-refractivity contribution >= 4 is 5.65 Å². The molecule has 140 valence electrons. The average Bonchev–Trinajstić information content (AvgIpc) is 3.42. The van der Waals surface area contributed by atoms with E-state index in [-0.39, 0.29) is 0 Å². The minimum absolute atomic E-state index is 0.423. The van der Waals surface area contributed by atoms with E-state index in [0.29, 0.717) is 12.1 Å². The lowest BCUT2D eigenvalue weighted by molar-refractivity contribution is 0.165. The van der Waals surface area contributed by atoms with E-state index in [1.807, 2.05) is 6.26 Å². The zero-order valence-electron chi connectivity index (χ0n) is 15.9. The molecule has 5 heterocycles. The molecule has 2 bridgehead atoms. The van der Waals surface area contributed by atoms with Crippen LogP contribution in [-0.4, -0.2) is 25.5 Å². The van der Waals surface area contributed by atoms with Crippen LogP contribution >= 0.6 is 0 Å². The van der Waals surface area contributed by atoms with Crippen molar-refractivity contribution in [3.8, 4) is 11.3 Å². The van der Waals surface area contributed by atoms with Crippen LogP contribution in [-0.2, 0) is 13.0 Å². The lowest BCUT2D eigenvalue weighted by Gasteiger charge is -2.35. The summed E-state index contributed by atoms with van der Waals surface area (Å²) < 4.78 is 7.36. The van der Waals surface area contributed by atoms with Gasteiger partial charge in [-0.3, -0.25) is 4.90 Å². The van der Waals surface area contributed by atoms with Crippen LogP contribution in [0.25, 0.3) is 16.9 Å². The van der Waals surface area contributed by atoms with E-state index in [2.05, 4.69) is 58.9 Å². The number of aryl methyl sites for hydroxylation is 1. The molecule has 6 rings (SSSR count). The second-order valence-corrected chi connectivity index (χ2v) is 8.08. The van der Waals surface area contributed by atoms with E-state index in [0.717, 1.165) is 29.9 Å². The molecule has 0 unspecified atom stereocenters. The number of fused-ring (bicyclic) bond motifs is 6. The van der Waals surface area contributed by atoms with Crippen LogP contribution in [0.1, 0.15) is 41.3 Å². The number of hydrogen-bond donors (Lipinski definition) is 0. The third kappa shape index (κ3) is 2.43. The second kappa shape index (κ2) is 6.04. The molecule has 1 aromatic carbocycles. The summed E-state index contributed by atoms with van der Waals surface area (Å²) in [5.74, 6) is 0. The van der Waals surface area contributed by atoms with Gasteiger partial charge >= 0.3 is 0 Å². The zero-order valence-corrected chi connectivity index (χ0v) is 15.9. The molecule has 0 N–H and O–H groups in total. The normalized spacial score (nSPS) is 21.3. The fourth-order valence-corrected chi connectivity index (χ4v) is 4.97. The van der Waals surface area contributed by atoms with Gasteiger partial charge in [0.1, 0.15) is 0 Å². The summed E-state index contributed by atoms with van der Waals surface area (Å²) in [5, 5.41) is 4.96. The van der Waals surface area contributed by atoms with Crippen molar-refractivity contribution in [3.05, 3.63) is 77.5 Å². The molecule has 5 nitrogen and oxygen atoms in total. The molecule has 28 heavy (non-hydrogen) atoms. The van der Waals surface area contributed by atoms with Crippen molar-refractivity contribution < 1.29 is 4.42 Å². The predicted molar refractivity (Wildman–Crippen MR) is 107 cm³/mol. The number of benzene rings is 1. The molecule has 1 saturated heterocycles. The van der Waals surface area contributed by atoms with Gasteiger partial charge in [0, 0.05) is 54.0 Å². The Hall–Kier alpha value is -2.92. The number of nitrogens with zero attached hydrogens (tertiary/aromatic N) is 4. The summed E-state index contributed by atoms with van der Waals surface area (Å²) in [6, 6.07) is 13.7. The van der Waals surface area contributed by atoms with Gasteiger partial charge in [-0.15, -0.1) is 0 Å². The molecule has 4 aromatic rings. The highest BCUT2D eigenvalue weighted by Gasteiger charge is 2.41. The van der Waals surface area contributed by atoms with Gasteiger partial charge < -0.3 is 4.42 Å².